The molecule has 1 fully saturated rings. The number of carbonyl (C=O) groups excluding carboxylic acids is 1. The Morgan fingerprint density at radius 2 is 2.35 bits per heavy atom. The van der Waals surface area contributed by atoms with Crippen LogP contribution < -0.4 is 5.32 Å². The molecule has 3 rings (SSSR count). The summed E-state index contributed by atoms with van der Waals surface area (Å²) in [4.78, 5) is 26.2. The number of aromatic nitrogens is 1. The Hall–Kier alpha value is -2.41. The van der Waals surface area contributed by atoms with E-state index >= 15 is 0 Å². The fraction of sp³-hybridized carbons (Fsp3) is 0.438. The van der Waals surface area contributed by atoms with E-state index in [2.05, 4.69) is 17.2 Å². The Morgan fingerprint density at radius 1 is 1.52 bits per heavy atom. The number of hydrogen-bond donors (Lipinski definition) is 2. The summed E-state index contributed by atoms with van der Waals surface area (Å²) in [5, 5.41) is 14.5. The van der Waals surface area contributed by atoms with Crippen LogP contribution in [0.25, 0.3) is 10.9 Å². The van der Waals surface area contributed by atoms with E-state index in [0.717, 1.165) is 19.3 Å². The summed E-state index contributed by atoms with van der Waals surface area (Å²) in [6.07, 6.45) is 4.12. The highest BCUT2D eigenvalue weighted by molar-refractivity contribution is 6.10. The molecule has 1 aliphatic rings. The van der Waals surface area contributed by atoms with Crippen LogP contribution >= 0.6 is 0 Å². The highest BCUT2D eigenvalue weighted by Gasteiger charge is 2.26. The largest absolute Gasteiger partial charge is 0.378 e. The van der Waals surface area contributed by atoms with E-state index in [1.165, 1.54) is 12.3 Å². The first-order chi connectivity index (χ1) is 11.1. The smallest absolute Gasteiger partial charge is 0.279 e. The number of nitro benzene ring substituents is 1. The van der Waals surface area contributed by atoms with Crippen molar-refractivity contribution in [3.8, 4) is 0 Å². The molecule has 1 aromatic heterocycles. The Morgan fingerprint density at radius 3 is 3.09 bits per heavy atom. The van der Waals surface area contributed by atoms with E-state index < -0.39 is 4.92 Å². The van der Waals surface area contributed by atoms with Crippen LogP contribution in [0.4, 0.5) is 5.69 Å². The molecular formula is C16H19N3O4. The maximum Gasteiger partial charge on any atom is 0.279 e. The van der Waals surface area contributed by atoms with Crippen molar-refractivity contribution in [2.45, 2.75) is 38.3 Å². The molecule has 23 heavy (non-hydrogen) atoms. The summed E-state index contributed by atoms with van der Waals surface area (Å²) in [5.41, 5.74) is 0.835. The van der Waals surface area contributed by atoms with Crippen LogP contribution in [0.5, 0.6) is 0 Å². The number of nitro groups is 1. The third-order valence-corrected chi connectivity index (χ3v) is 4.28. The van der Waals surface area contributed by atoms with Gasteiger partial charge >= 0.3 is 0 Å². The van der Waals surface area contributed by atoms with Crippen LogP contribution in [-0.4, -0.2) is 34.6 Å². The molecule has 7 nitrogen and oxygen atoms in total. The minimum Gasteiger partial charge on any atom is -0.378 e. The Bertz CT molecular complexity index is 740. The first-order valence-electron chi connectivity index (χ1n) is 7.77. The van der Waals surface area contributed by atoms with E-state index in [1.54, 1.807) is 12.1 Å². The lowest BCUT2D eigenvalue weighted by Crippen LogP contribution is -2.41. The first-order valence-corrected chi connectivity index (χ1v) is 7.77. The molecule has 122 valence electrons. The van der Waals surface area contributed by atoms with Gasteiger partial charge in [0.25, 0.3) is 11.6 Å². The third-order valence-electron chi connectivity index (χ3n) is 4.28. The number of rotatable bonds is 4. The summed E-state index contributed by atoms with van der Waals surface area (Å²) < 4.78 is 5.60. The van der Waals surface area contributed by atoms with Gasteiger partial charge in [-0.2, -0.15) is 0 Å². The van der Waals surface area contributed by atoms with Gasteiger partial charge in [0.2, 0.25) is 0 Å². The molecule has 2 unspecified atom stereocenters. The van der Waals surface area contributed by atoms with Crippen molar-refractivity contribution in [1.29, 1.82) is 0 Å². The van der Waals surface area contributed by atoms with Crippen LogP contribution in [0.3, 0.4) is 0 Å². The lowest BCUT2D eigenvalue weighted by atomic mass is 10.0. The third kappa shape index (κ3) is 3.05. The molecule has 1 saturated heterocycles. The topological polar surface area (TPSA) is 97.3 Å². The molecule has 1 aliphatic heterocycles. The van der Waals surface area contributed by atoms with Crippen molar-refractivity contribution < 1.29 is 14.5 Å². The van der Waals surface area contributed by atoms with Crippen molar-refractivity contribution in [2.24, 2.45) is 0 Å². The number of carbonyl (C=O) groups is 1. The van der Waals surface area contributed by atoms with E-state index in [-0.39, 0.29) is 23.7 Å². The standard InChI is InChI=1S/C16H19N3O4/c1-2-11-8-10(6-7-23-11)18-16(20)12-9-17-13-4-3-5-14(15(12)13)19(21)22/h3-5,9-11,17H,2,6-8H2,1H3,(H,18,20). The molecule has 2 N–H and O–H groups in total. The fourth-order valence-electron chi connectivity index (χ4n) is 3.06. The zero-order chi connectivity index (χ0) is 16.4. The average molecular weight is 317 g/mol. The second kappa shape index (κ2) is 6.37. The zero-order valence-electron chi connectivity index (χ0n) is 12.9. The van der Waals surface area contributed by atoms with Gasteiger partial charge in [0, 0.05) is 24.9 Å². The van der Waals surface area contributed by atoms with E-state index in [0.29, 0.717) is 23.1 Å². The van der Waals surface area contributed by atoms with Crippen LogP contribution in [0, 0.1) is 10.1 Å². The minimum absolute atomic E-state index is 0.0360. The van der Waals surface area contributed by atoms with E-state index in [4.69, 9.17) is 4.74 Å². The molecule has 0 aliphatic carbocycles. The van der Waals surface area contributed by atoms with Crippen LogP contribution in [-0.2, 0) is 4.74 Å². The highest BCUT2D eigenvalue weighted by atomic mass is 16.6. The quantitative estimate of drug-likeness (QED) is 0.669. The van der Waals surface area contributed by atoms with Crippen LogP contribution in [0.1, 0.15) is 36.5 Å². The number of aromatic amines is 1. The molecular weight excluding hydrogens is 298 g/mol. The number of benzene rings is 1. The number of non-ortho nitro benzene ring substituents is 1. The predicted molar refractivity (Wildman–Crippen MR) is 85.5 cm³/mol. The molecule has 2 heterocycles. The lowest BCUT2D eigenvalue weighted by Gasteiger charge is -2.29. The molecule has 0 radical (unpaired) electrons. The second-order valence-corrected chi connectivity index (χ2v) is 5.75. The number of amides is 1. The van der Waals surface area contributed by atoms with Crippen molar-refractivity contribution in [2.75, 3.05) is 6.61 Å². The number of hydrogen-bond acceptors (Lipinski definition) is 4. The number of fused-ring (bicyclic) bond motifs is 1. The highest BCUT2D eigenvalue weighted by Crippen LogP contribution is 2.28. The molecule has 0 spiro atoms. The van der Waals surface area contributed by atoms with Gasteiger partial charge in [-0.25, -0.2) is 0 Å². The number of ether oxygens (including phenoxy) is 1. The lowest BCUT2D eigenvalue weighted by molar-refractivity contribution is -0.383. The van der Waals surface area contributed by atoms with Gasteiger partial charge in [-0.05, 0) is 25.3 Å². The van der Waals surface area contributed by atoms with E-state index in [9.17, 15) is 14.9 Å². The average Bonchev–Trinajstić information content (AvgIpc) is 2.99. The molecule has 2 aromatic rings. The number of H-pyrrole nitrogens is 1. The number of nitrogens with one attached hydrogen (secondary N) is 2. The monoisotopic (exact) mass is 317 g/mol. The summed E-state index contributed by atoms with van der Waals surface area (Å²) >= 11 is 0. The summed E-state index contributed by atoms with van der Waals surface area (Å²) in [7, 11) is 0. The molecule has 7 heteroatoms. The van der Waals surface area contributed by atoms with Crippen LogP contribution in [0.15, 0.2) is 24.4 Å². The molecule has 0 saturated carbocycles. The van der Waals surface area contributed by atoms with Crippen molar-refractivity contribution in [3.05, 3.63) is 40.1 Å². The van der Waals surface area contributed by atoms with Crippen molar-refractivity contribution in [3.63, 3.8) is 0 Å². The molecule has 1 aromatic carbocycles. The Labute approximate surface area is 133 Å². The van der Waals surface area contributed by atoms with Gasteiger partial charge in [-0.15, -0.1) is 0 Å². The Balaban J connectivity index is 1.85. The maximum atomic E-state index is 12.6. The maximum absolute atomic E-state index is 12.6. The van der Waals surface area contributed by atoms with Crippen LogP contribution in [0.2, 0.25) is 0 Å². The van der Waals surface area contributed by atoms with Crippen molar-refractivity contribution >= 4 is 22.5 Å². The summed E-state index contributed by atoms with van der Waals surface area (Å²) in [5.74, 6) is -0.285. The predicted octanol–water partition coefficient (Wildman–Crippen LogP) is 2.76. The molecule has 1 amide bonds. The van der Waals surface area contributed by atoms with Gasteiger partial charge in [0.15, 0.2) is 0 Å². The van der Waals surface area contributed by atoms with Gasteiger partial charge in [0.1, 0.15) is 0 Å². The summed E-state index contributed by atoms with van der Waals surface area (Å²) in [6.45, 7) is 2.68. The molecule has 0 bridgehead atoms. The van der Waals surface area contributed by atoms with E-state index in [1.807, 2.05) is 0 Å². The number of nitrogens with zero attached hydrogens (tertiary/aromatic N) is 1. The summed E-state index contributed by atoms with van der Waals surface area (Å²) in [6, 6.07) is 4.77. The SMILES string of the molecule is CCC1CC(NC(=O)c2c[nH]c3cccc([N+](=O)[O-])c23)CCO1. The molecule has 2 atom stereocenters. The van der Waals surface area contributed by atoms with Gasteiger partial charge in [-0.3, -0.25) is 14.9 Å². The normalized spacial score (nSPS) is 21.3. The van der Waals surface area contributed by atoms with Gasteiger partial charge in [0.05, 0.1) is 27.5 Å². The fourth-order valence-corrected chi connectivity index (χ4v) is 3.06. The van der Waals surface area contributed by atoms with Crippen molar-refractivity contribution in [1.82, 2.24) is 10.3 Å². The first kappa shape index (κ1) is 15.5. The van der Waals surface area contributed by atoms with Gasteiger partial charge < -0.3 is 15.0 Å². The second-order valence-electron chi connectivity index (χ2n) is 5.75. The zero-order valence-corrected chi connectivity index (χ0v) is 12.9. The van der Waals surface area contributed by atoms with Gasteiger partial charge in [-0.1, -0.05) is 13.0 Å². The minimum atomic E-state index is -0.464. The Kier molecular flexibility index (Phi) is 4.29.